The highest BCUT2D eigenvalue weighted by Crippen LogP contribution is 2.44. The van der Waals surface area contributed by atoms with Gasteiger partial charge in [0.1, 0.15) is 5.75 Å². The lowest BCUT2D eigenvalue weighted by Crippen LogP contribution is -2.45. The van der Waals surface area contributed by atoms with Crippen molar-refractivity contribution in [2.75, 3.05) is 0 Å². The van der Waals surface area contributed by atoms with E-state index in [1.54, 1.807) is 12.1 Å². The lowest BCUT2D eigenvalue weighted by molar-refractivity contribution is -0.129. The van der Waals surface area contributed by atoms with Crippen molar-refractivity contribution in [1.29, 1.82) is 0 Å². The number of carbonyl (C=O) groups excluding carboxylic acids is 1. The predicted octanol–water partition coefficient (Wildman–Crippen LogP) is 3.80. The molecular weight excluding hydrogens is 286 g/mol. The van der Waals surface area contributed by atoms with Gasteiger partial charge in [-0.05, 0) is 49.7 Å². The van der Waals surface area contributed by atoms with E-state index in [4.69, 9.17) is 16.3 Å². The number of hydrogen-bond acceptors (Lipinski definition) is 2. The second-order valence-corrected chi connectivity index (χ2v) is 6.64. The highest BCUT2D eigenvalue weighted by molar-refractivity contribution is 6.32. The third-order valence-electron chi connectivity index (χ3n) is 4.83. The second kappa shape index (κ2) is 6.27. The third-order valence-corrected chi connectivity index (χ3v) is 5.15. The van der Waals surface area contributed by atoms with E-state index in [-0.39, 0.29) is 5.91 Å². The van der Waals surface area contributed by atoms with Crippen LogP contribution in [0.25, 0.3) is 0 Å². The van der Waals surface area contributed by atoms with Crippen molar-refractivity contribution < 1.29 is 9.53 Å². The zero-order valence-corrected chi connectivity index (χ0v) is 13.1. The van der Waals surface area contributed by atoms with Crippen molar-refractivity contribution in [3.05, 3.63) is 29.3 Å². The molecule has 0 saturated heterocycles. The Kier molecular flexibility index (Phi) is 4.39. The van der Waals surface area contributed by atoms with E-state index in [0.717, 1.165) is 12.3 Å². The molecule has 4 heteroatoms. The van der Waals surface area contributed by atoms with E-state index in [1.807, 2.05) is 19.1 Å². The van der Waals surface area contributed by atoms with Gasteiger partial charge in [0.25, 0.3) is 5.91 Å². The van der Waals surface area contributed by atoms with Crippen molar-refractivity contribution in [2.24, 2.45) is 11.8 Å². The molecule has 1 N–H and O–H groups in total. The Balaban J connectivity index is 1.60. The Morgan fingerprint density at radius 1 is 1.38 bits per heavy atom. The Morgan fingerprint density at radius 3 is 2.81 bits per heavy atom. The maximum absolute atomic E-state index is 12.4. The maximum atomic E-state index is 12.4. The van der Waals surface area contributed by atoms with E-state index >= 15 is 0 Å². The zero-order chi connectivity index (χ0) is 14.8. The highest BCUT2D eigenvalue weighted by atomic mass is 35.5. The summed E-state index contributed by atoms with van der Waals surface area (Å²) in [6, 6.07) is 7.64. The van der Waals surface area contributed by atoms with Gasteiger partial charge in [0.05, 0.1) is 5.02 Å². The summed E-state index contributed by atoms with van der Waals surface area (Å²) >= 11 is 6.09. The van der Waals surface area contributed by atoms with Crippen LogP contribution in [0.5, 0.6) is 5.75 Å². The molecule has 0 aliphatic heterocycles. The number of carbonyl (C=O) groups is 1. The van der Waals surface area contributed by atoms with Crippen LogP contribution in [-0.2, 0) is 4.79 Å². The van der Waals surface area contributed by atoms with Crippen LogP contribution in [0.15, 0.2) is 24.3 Å². The molecule has 2 bridgehead atoms. The fraction of sp³-hybridized carbons (Fsp3) is 0.588. The minimum Gasteiger partial charge on any atom is -0.479 e. The predicted molar refractivity (Wildman–Crippen MR) is 83.5 cm³/mol. The molecule has 0 radical (unpaired) electrons. The summed E-state index contributed by atoms with van der Waals surface area (Å²) in [5, 5.41) is 3.74. The van der Waals surface area contributed by atoms with E-state index in [1.165, 1.54) is 19.3 Å². The Labute approximate surface area is 131 Å². The summed E-state index contributed by atoms with van der Waals surface area (Å²) in [5.41, 5.74) is 0. The zero-order valence-electron chi connectivity index (χ0n) is 12.3. The minimum atomic E-state index is -0.468. The number of rotatable bonds is 5. The third kappa shape index (κ3) is 3.18. The molecule has 114 valence electrons. The largest absolute Gasteiger partial charge is 0.479 e. The topological polar surface area (TPSA) is 38.3 Å². The number of benzene rings is 1. The molecule has 2 fully saturated rings. The molecule has 2 aliphatic rings. The Hall–Kier alpha value is -1.22. The Bertz CT molecular complexity index is 519. The number of hydrogen-bond donors (Lipinski definition) is 1. The van der Waals surface area contributed by atoms with Gasteiger partial charge in [-0.2, -0.15) is 0 Å². The van der Waals surface area contributed by atoms with Crippen LogP contribution in [0.3, 0.4) is 0 Å². The average molecular weight is 308 g/mol. The molecule has 1 amide bonds. The molecule has 0 aromatic heterocycles. The fourth-order valence-electron chi connectivity index (χ4n) is 3.71. The molecule has 0 spiro atoms. The van der Waals surface area contributed by atoms with Crippen molar-refractivity contribution >= 4 is 17.5 Å². The Morgan fingerprint density at radius 2 is 2.19 bits per heavy atom. The highest BCUT2D eigenvalue weighted by Gasteiger charge is 2.40. The molecule has 4 atom stereocenters. The van der Waals surface area contributed by atoms with E-state index in [2.05, 4.69) is 5.32 Å². The molecule has 21 heavy (non-hydrogen) atoms. The monoisotopic (exact) mass is 307 g/mol. The van der Waals surface area contributed by atoms with Gasteiger partial charge in [-0.1, -0.05) is 37.1 Å². The summed E-state index contributed by atoms with van der Waals surface area (Å²) in [6.45, 7) is 1.96. The molecule has 0 unspecified atom stereocenters. The number of halogens is 1. The lowest BCUT2D eigenvalue weighted by Gasteiger charge is -2.25. The first-order valence-electron chi connectivity index (χ1n) is 7.89. The first-order chi connectivity index (χ1) is 10.2. The molecular formula is C17H22ClNO2. The summed E-state index contributed by atoms with van der Waals surface area (Å²) in [7, 11) is 0. The molecule has 1 aromatic rings. The standard InChI is InChI=1S/C17H22ClNO2/c1-2-15(21-16-6-4-3-5-13(16)18)17(20)19-14-10-11-7-8-12(14)9-11/h3-6,11-12,14-15H,2,7-10H2,1H3,(H,19,20)/t11-,12-,14+,15+/m0/s1. The maximum Gasteiger partial charge on any atom is 0.261 e. The number of para-hydroxylation sites is 1. The SMILES string of the molecule is CC[C@@H](Oc1ccccc1Cl)C(=O)N[C@@H]1C[C@H]2CC[C@H]1C2. The number of fused-ring (bicyclic) bond motifs is 2. The van der Waals surface area contributed by atoms with Crippen LogP contribution in [-0.4, -0.2) is 18.1 Å². The smallest absolute Gasteiger partial charge is 0.261 e. The quantitative estimate of drug-likeness (QED) is 0.898. The fourth-order valence-corrected chi connectivity index (χ4v) is 3.89. The number of amides is 1. The van der Waals surface area contributed by atoms with Crippen LogP contribution in [0.2, 0.25) is 5.02 Å². The molecule has 3 rings (SSSR count). The van der Waals surface area contributed by atoms with Gasteiger partial charge < -0.3 is 10.1 Å². The van der Waals surface area contributed by atoms with Crippen LogP contribution in [0.1, 0.15) is 39.0 Å². The summed E-state index contributed by atoms with van der Waals surface area (Å²) in [4.78, 5) is 12.4. The van der Waals surface area contributed by atoms with Gasteiger partial charge >= 0.3 is 0 Å². The van der Waals surface area contributed by atoms with Crippen LogP contribution < -0.4 is 10.1 Å². The molecule has 1 aromatic carbocycles. The van der Waals surface area contributed by atoms with Crippen LogP contribution in [0.4, 0.5) is 0 Å². The molecule has 2 aliphatic carbocycles. The van der Waals surface area contributed by atoms with Gasteiger partial charge in [0, 0.05) is 6.04 Å². The van der Waals surface area contributed by atoms with Gasteiger partial charge in [0.2, 0.25) is 0 Å². The summed E-state index contributed by atoms with van der Waals surface area (Å²) in [6.07, 6.45) is 5.19. The molecule has 0 heterocycles. The van der Waals surface area contributed by atoms with Crippen LogP contribution in [0, 0.1) is 11.8 Å². The van der Waals surface area contributed by atoms with E-state index in [9.17, 15) is 4.79 Å². The summed E-state index contributed by atoms with van der Waals surface area (Å²) < 4.78 is 5.80. The first-order valence-corrected chi connectivity index (χ1v) is 8.26. The van der Waals surface area contributed by atoms with Crippen molar-refractivity contribution in [3.8, 4) is 5.75 Å². The van der Waals surface area contributed by atoms with Crippen molar-refractivity contribution in [2.45, 2.75) is 51.2 Å². The normalized spacial score (nSPS) is 28.4. The van der Waals surface area contributed by atoms with Crippen LogP contribution >= 0.6 is 11.6 Å². The average Bonchev–Trinajstić information content (AvgIpc) is 3.09. The summed E-state index contributed by atoms with van der Waals surface area (Å²) in [5.74, 6) is 2.07. The van der Waals surface area contributed by atoms with Gasteiger partial charge in [-0.25, -0.2) is 0 Å². The van der Waals surface area contributed by atoms with E-state index in [0.29, 0.717) is 29.2 Å². The minimum absolute atomic E-state index is 0.00466. The van der Waals surface area contributed by atoms with Gasteiger partial charge in [-0.3, -0.25) is 4.79 Å². The first kappa shape index (κ1) is 14.7. The van der Waals surface area contributed by atoms with Crippen molar-refractivity contribution in [3.63, 3.8) is 0 Å². The lowest BCUT2D eigenvalue weighted by atomic mass is 9.95. The second-order valence-electron chi connectivity index (χ2n) is 6.24. The number of ether oxygens (including phenoxy) is 1. The van der Waals surface area contributed by atoms with Gasteiger partial charge in [0.15, 0.2) is 6.10 Å². The number of nitrogens with one attached hydrogen (secondary N) is 1. The van der Waals surface area contributed by atoms with E-state index < -0.39 is 6.10 Å². The van der Waals surface area contributed by atoms with Crippen molar-refractivity contribution in [1.82, 2.24) is 5.32 Å². The van der Waals surface area contributed by atoms with Gasteiger partial charge in [-0.15, -0.1) is 0 Å². The molecule has 2 saturated carbocycles. The molecule has 3 nitrogen and oxygen atoms in total.